The number of alkyl halides is 3. The predicted molar refractivity (Wildman–Crippen MR) is 72.2 cm³/mol. The van der Waals surface area contributed by atoms with Gasteiger partial charge in [-0.15, -0.1) is 13.2 Å². The van der Waals surface area contributed by atoms with Crippen molar-refractivity contribution >= 4 is 16.0 Å². The number of halogens is 3. The summed E-state index contributed by atoms with van der Waals surface area (Å²) >= 11 is 0. The SMILES string of the molecule is O=C(O)[C@@H]1CCCN(S(=O)(=O)c2ccc(OC(F)(F)F)cc2)C1. The summed E-state index contributed by atoms with van der Waals surface area (Å²) in [6.07, 6.45) is -4.06. The fraction of sp³-hybridized carbons (Fsp3) is 0.462. The van der Waals surface area contributed by atoms with Crippen LogP contribution in [-0.4, -0.2) is 43.3 Å². The molecule has 1 fully saturated rings. The molecule has 1 aliphatic rings. The van der Waals surface area contributed by atoms with Crippen LogP contribution in [0.1, 0.15) is 12.8 Å². The first kappa shape index (κ1) is 17.5. The van der Waals surface area contributed by atoms with E-state index in [9.17, 15) is 26.4 Å². The minimum Gasteiger partial charge on any atom is -0.481 e. The minimum atomic E-state index is -4.86. The van der Waals surface area contributed by atoms with Gasteiger partial charge >= 0.3 is 12.3 Å². The summed E-state index contributed by atoms with van der Waals surface area (Å²) in [6.45, 7) is 0.0192. The average molecular weight is 353 g/mol. The molecule has 1 aromatic rings. The summed E-state index contributed by atoms with van der Waals surface area (Å²) < 4.78 is 65.8. The number of carbonyl (C=O) groups is 1. The van der Waals surface area contributed by atoms with Crippen molar-refractivity contribution < 1.29 is 36.2 Å². The number of aliphatic carboxylic acids is 1. The van der Waals surface area contributed by atoms with Crippen LogP contribution >= 0.6 is 0 Å². The van der Waals surface area contributed by atoms with E-state index in [1.165, 1.54) is 0 Å². The number of nitrogens with zero attached hydrogens (tertiary/aromatic N) is 1. The molecule has 0 aliphatic carbocycles. The lowest BCUT2D eigenvalue weighted by Crippen LogP contribution is -2.42. The Morgan fingerprint density at radius 1 is 1.26 bits per heavy atom. The van der Waals surface area contributed by atoms with Gasteiger partial charge in [-0.3, -0.25) is 4.79 Å². The zero-order valence-electron chi connectivity index (χ0n) is 11.8. The Bertz CT molecular complexity index is 672. The first-order chi connectivity index (χ1) is 10.6. The van der Waals surface area contributed by atoms with Gasteiger partial charge in [0.2, 0.25) is 10.0 Å². The number of sulfonamides is 1. The molecule has 0 unspecified atom stereocenters. The highest BCUT2D eigenvalue weighted by Gasteiger charge is 2.34. The van der Waals surface area contributed by atoms with E-state index in [0.717, 1.165) is 28.6 Å². The molecule has 1 aromatic carbocycles. The van der Waals surface area contributed by atoms with Gasteiger partial charge in [-0.05, 0) is 37.1 Å². The van der Waals surface area contributed by atoms with Crippen molar-refractivity contribution in [2.75, 3.05) is 13.1 Å². The van der Waals surface area contributed by atoms with Crippen LogP contribution in [0.5, 0.6) is 5.75 Å². The van der Waals surface area contributed by atoms with Gasteiger partial charge in [0, 0.05) is 13.1 Å². The Morgan fingerprint density at radius 3 is 2.39 bits per heavy atom. The quantitative estimate of drug-likeness (QED) is 0.896. The molecule has 0 radical (unpaired) electrons. The third-order valence-corrected chi connectivity index (χ3v) is 5.31. The molecule has 6 nitrogen and oxygen atoms in total. The van der Waals surface area contributed by atoms with E-state index in [2.05, 4.69) is 4.74 Å². The second kappa shape index (κ2) is 6.36. The van der Waals surface area contributed by atoms with Gasteiger partial charge < -0.3 is 9.84 Å². The van der Waals surface area contributed by atoms with Crippen LogP contribution < -0.4 is 4.74 Å². The Balaban J connectivity index is 2.17. The van der Waals surface area contributed by atoms with Gasteiger partial charge in [0.1, 0.15) is 5.75 Å². The van der Waals surface area contributed by atoms with E-state index >= 15 is 0 Å². The molecule has 0 spiro atoms. The van der Waals surface area contributed by atoms with Crippen LogP contribution in [0.15, 0.2) is 29.2 Å². The van der Waals surface area contributed by atoms with Gasteiger partial charge in [-0.2, -0.15) is 4.31 Å². The second-order valence-corrected chi connectivity index (χ2v) is 7.00. The van der Waals surface area contributed by atoms with Crippen molar-refractivity contribution in [2.45, 2.75) is 24.1 Å². The number of piperidine rings is 1. The molecule has 1 N–H and O–H groups in total. The second-order valence-electron chi connectivity index (χ2n) is 5.06. The highest BCUT2D eigenvalue weighted by atomic mass is 32.2. The molecule has 1 heterocycles. The molecular weight excluding hydrogens is 339 g/mol. The first-order valence-corrected chi connectivity index (χ1v) is 8.12. The lowest BCUT2D eigenvalue weighted by molar-refractivity contribution is -0.274. The van der Waals surface area contributed by atoms with E-state index in [0.29, 0.717) is 12.8 Å². The minimum absolute atomic E-state index is 0.154. The Labute approximate surface area is 130 Å². The van der Waals surface area contributed by atoms with Gasteiger partial charge in [-0.1, -0.05) is 0 Å². The summed E-state index contributed by atoms with van der Waals surface area (Å²) in [6, 6.07) is 3.81. The molecule has 0 amide bonds. The standard InChI is InChI=1S/C13H14F3NO5S/c14-13(15,16)22-10-3-5-11(6-4-10)23(20,21)17-7-1-2-9(8-17)12(18)19/h3-6,9H,1-2,7-8H2,(H,18,19)/t9-/m1/s1. The molecule has 0 aromatic heterocycles. The highest BCUT2D eigenvalue weighted by Crippen LogP contribution is 2.27. The first-order valence-electron chi connectivity index (χ1n) is 6.68. The smallest absolute Gasteiger partial charge is 0.481 e. The zero-order chi connectivity index (χ0) is 17.3. The van der Waals surface area contributed by atoms with Gasteiger partial charge in [0.25, 0.3) is 0 Å². The third-order valence-electron chi connectivity index (χ3n) is 3.43. The zero-order valence-corrected chi connectivity index (χ0v) is 12.6. The molecule has 0 bridgehead atoms. The Kier molecular flexibility index (Phi) is 4.85. The fourth-order valence-corrected chi connectivity index (χ4v) is 3.85. The normalized spacial score (nSPS) is 20.2. The van der Waals surface area contributed by atoms with Gasteiger partial charge in [0.15, 0.2) is 0 Å². The summed E-state index contributed by atoms with van der Waals surface area (Å²) in [5.41, 5.74) is 0. The van der Waals surface area contributed by atoms with Crippen LogP contribution in [0, 0.1) is 5.92 Å². The number of ether oxygens (including phenoxy) is 1. The molecule has 23 heavy (non-hydrogen) atoms. The molecule has 1 saturated heterocycles. The summed E-state index contributed by atoms with van der Waals surface area (Å²) in [7, 11) is -3.96. The number of carboxylic acids is 1. The maximum atomic E-state index is 12.4. The van der Waals surface area contributed by atoms with Crippen molar-refractivity contribution in [1.82, 2.24) is 4.31 Å². The largest absolute Gasteiger partial charge is 0.573 e. The van der Waals surface area contributed by atoms with E-state index < -0.39 is 34.0 Å². The summed E-state index contributed by atoms with van der Waals surface area (Å²) in [5.74, 6) is -2.39. The molecular formula is C13H14F3NO5S. The van der Waals surface area contributed by atoms with Gasteiger partial charge in [0.05, 0.1) is 10.8 Å². The van der Waals surface area contributed by atoms with Crippen LogP contribution in [0.4, 0.5) is 13.2 Å². The summed E-state index contributed by atoms with van der Waals surface area (Å²) in [5, 5.41) is 8.99. The maximum Gasteiger partial charge on any atom is 0.573 e. The Hall–Kier alpha value is -1.81. The van der Waals surface area contributed by atoms with Crippen molar-refractivity contribution in [1.29, 1.82) is 0 Å². The molecule has 1 atom stereocenters. The fourth-order valence-electron chi connectivity index (χ4n) is 2.32. The molecule has 128 valence electrons. The van der Waals surface area contributed by atoms with E-state index in [-0.39, 0.29) is 18.0 Å². The average Bonchev–Trinajstić information content (AvgIpc) is 2.46. The summed E-state index contributed by atoms with van der Waals surface area (Å²) in [4.78, 5) is 10.8. The molecule has 10 heteroatoms. The number of hydrogen-bond donors (Lipinski definition) is 1. The maximum absolute atomic E-state index is 12.4. The van der Waals surface area contributed by atoms with Crippen molar-refractivity contribution in [3.63, 3.8) is 0 Å². The number of benzene rings is 1. The van der Waals surface area contributed by atoms with E-state index in [1.807, 2.05) is 0 Å². The topological polar surface area (TPSA) is 83.9 Å². The van der Waals surface area contributed by atoms with Crippen LogP contribution in [0.25, 0.3) is 0 Å². The molecule has 0 saturated carbocycles. The molecule has 2 rings (SSSR count). The predicted octanol–water partition coefficient (Wildman–Crippen LogP) is 2.07. The van der Waals surface area contributed by atoms with Crippen molar-refractivity contribution in [3.05, 3.63) is 24.3 Å². The van der Waals surface area contributed by atoms with Crippen LogP contribution in [0.3, 0.4) is 0 Å². The highest BCUT2D eigenvalue weighted by molar-refractivity contribution is 7.89. The van der Waals surface area contributed by atoms with E-state index in [4.69, 9.17) is 5.11 Å². The van der Waals surface area contributed by atoms with Crippen LogP contribution in [0.2, 0.25) is 0 Å². The lowest BCUT2D eigenvalue weighted by atomic mass is 10.0. The molecule has 1 aliphatic heterocycles. The lowest BCUT2D eigenvalue weighted by Gasteiger charge is -2.29. The van der Waals surface area contributed by atoms with E-state index in [1.54, 1.807) is 0 Å². The van der Waals surface area contributed by atoms with Crippen molar-refractivity contribution in [2.24, 2.45) is 5.92 Å². The number of carboxylic acid groups (broad SMARTS) is 1. The number of hydrogen-bond acceptors (Lipinski definition) is 4. The van der Waals surface area contributed by atoms with Crippen molar-refractivity contribution in [3.8, 4) is 5.75 Å². The third kappa shape index (κ3) is 4.35. The van der Waals surface area contributed by atoms with Crippen LogP contribution in [-0.2, 0) is 14.8 Å². The number of rotatable bonds is 4. The van der Waals surface area contributed by atoms with Gasteiger partial charge in [-0.25, -0.2) is 8.42 Å². The Morgan fingerprint density at radius 2 is 1.87 bits per heavy atom. The monoisotopic (exact) mass is 353 g/mol.